The molecule has 0 atom stereocenters. The van der Waals surface area contributed by atoms with Crippen molar-refractivity contribution in [3.8, 4) is 6.07 Å². The molecule has 0 aliphatic carbocycles. The lowest BCUT2D eigenvalue weighted by molar-refractivity contribution is 0.0701. The van der Waals surface area contributed by atoms with Gasteiger partial charge in [0.05, 0.1) is 17.4 Å². The van der Waals surface area contributed by atoms with Crippen LogP contribution in [0.25, 0.3) is 0 Å². The maximum atomic E-state index is 13.1. The number of halogens is 1. The SMILES string of the molecule is CC(C)OC(=O)N1CCC(Nc2ccc(F)cc2C#N)CC1. The number of hydrogen-bond donors (Lipinski definition) is 1. The maximum Gasteiger partial charge on any atom is 0.410 e. The first-order valence-electron chi connectivity index (χ1n) is 7.41. The predicted molar refractivity (Wildman–Crippen MR) is 80.9 cm³/mol. The topological polar surface area (TPSA) is 65.4 Å². The van der Waals surface area contributed by atoms with E-state index >= 15 is 0 Å². The number of hydrogen-bond acceptors (Lipinski definition) is 4. The number of likely N-dealkylation sites (tertiary alicyclic amines) is 1. The molecule has 0 bridgehead atoms. The van der Waals surface area contributed by atoms with E-state index in [1.807, 2.05) is 19.9 Å². The molecule has 1 aliphatic heterocycles. The van der Waals surface area contributed by atoms with Gasteiger partial charge in [0.2, 0.25) is 0 Å². The molecule has 2 rings (SSSR count). The number of carbonyl (C=O) groups excluding carboxylic acids is 1. The van der Waals surface area contributed by atoms with E-state index in [0.717, 1.165) is 12.8 Å². The zero-order valence-electron chi connectivity index (χ0n) is 12.8. The summed E-state index contributed by atoms with van der Waals surface area (Å²) in [6.07, 6.45) is 1.11. The van der Waals surface area contributed by atoms with Crippen LogP contribution in [0.5, 0.6) is 0 Å². The fourth-order valence-electron chi connectivity index (χ4n) is 2.44. The second kappa shape index (κ2) is 7.12. The summed E-state index contributed by atoms with van der Waals surface area (Å²) in [5.74, 6) is -0.423. The molecule has 0 spiro atoms. The first-order chi connectivity index (χ1) is 10.5. The largest absolute Gasteiger partial charge is 0.447 e. The molecule has 0 radical (unpaired) electrons. The first kappa shape index (κ1) is 16.1. The van der Waals surface area contributed by atoms with E-state index in [4.69, 9.17) is 10.00 Å². The van der Waals surface area contributed by atoms with Gasteiger partial charge in [-0.3, -0.25) is 0 Å². The van der Waals surface area contributed by atoms with Crippen LogP contribution in [0.4, 0.5) is 14.9 Å². The molecule has 1 aromatic rings. The van der Waals surface area contributed by atoms with Gasteiger partial charge < -0.3 is 15.0 Å². The molecule has 1 fully saturated rings. The molecular formula is C16H20FN3O2. The minimum Gasteiger partial charge on any atom is -0.447 e. The molecular weight excluding hydrogens is 285 g/mol. The Kier molecular flexibility index (Phi) is 5.21. The highest BCUT2D eigenvalue weighted by Crippen LogP contribution is 2.21. The van der Waals surface area contributed by atoms with Gasteiger partial charge in [0.25, 0.3) is 0 Å². The lowest BCUT2D eigenvalue weighted by Gasteiger charge is -2.32. The van der Waals surface area contributed by atoms with E-state index in [-0.39, 0.29) is 18.2 Å². The number of nitrogens with one attached hydrogen (secondary N) is 1. The van der Waals surface area contributed by atoms with Crippen LogP contribution in [0.2, 0.25) is 0 Å². The van der Waals surface area contributed by atoms with Gasteiger partial charge in [-0.15, -0.1) is 0 Å². The zero-order chi connectivity index (χ0) is 16.1. The van der Waals surface area contributed by atoms with E-state index in [1.165, 1.54) is 12.1 Å². The number of nitrogens with zero attached hydrogens (tertiary/aromatic N) is 2. The summed E-state index contributed by atoms with van der Waals surface area (Å²) in [6.45, 7) is 4.85. The summed E-state index contributed by atoms with van der Waals surface area (Å²) in [5.41, 5.74) is 0.925. The third-order valence-corrected chi connectivity index (χ3v) is 3.55. The Hall–Kier alpha value is -2.29. The standard InChI is InChI=1S/C16H20FN3O2/c1-11(2)22-16(21)20-7-5-14(6-8-20)19-15-4-3-13(17)9-12(15)10-18/h3-4,9,11,14,19H,5-8H2,1-2H3. The van der Waals surface area contributed by atoms with Gasteiger partial charge in [0, 0.05) is 19.1 Å². The summed E-state index contributed by atoms with van der Waals surface area (Å²) in [7, 11) is 0. The lowest BCUT2D eigenvalue weighted by atomic mass is 10.0. The molecule has 22 heavy (non-hydrogen) atoms. The van der Waals surface area contributed by atoms with Crippen molar-refractivity contribution < 1.29 is 13.9 Å². The fourth-order valence-corrected chi connectivity index (χ4v) is 2.44. The summed E-state index contributed by atoms with van der Waals surface area (Å²) in [6, 6.07) is 6.27. The highest BCUT2D eigenvalue weighted by Gasteiger charge is 2.24. The second-order valence-electron chi connectivity index (χ2n) is 5.64. The Morgan fingerprint density at radius 1 is 1.45 bits per heavy atom. The number of rotatable bonds is 3. The molecule has 1 aromatic carbocycles. The van der Waals surface area contributed by atoms with Crippen LogP contribution in [0.15, 0.2) is 18.2 Å². The number of nitriles is 1. The fraction of sp³-hybridized carbons (Fsp3) is 0.500. The van der Waals surface area contributed by atoms with E-state index in [2.05, 4.69) is 5.32 Å². The Bertz CT molecular complexity index is 575. The number of carbonyl (C=O) groups is 1. The molecule has 0 unspecified atom stereocenters. The highest BCUT2D eigenvalue weighted by atomic mass is 19.1. The molecule has 1 amide bonds. The monoisotopic (exact) mass is 305 g/mol. The van der Waals surface area contributed by atoms with Gasteiger partial charge in [-0.25, -0.2) is 9.18 Å². The van der Waals surface area contributed by atoms with Crippen LogP contribution in [0, 0.1) is 17.1 Å². The molecule has 1 saturated heterocycles. The Labute approximate surface area is 129 Å². The van der Waals surface area contributed by atoms with Gasteiger partial charge in [-0.2, -0.15) is 5.26 Å². The van der Waals surface area contributed by atoms with Crippen molar-refractivity contribution in [2.75, 3.05) is 18.4 Å². The second-order valence-corrected chi connectivity index (χ2v) is 5.64. The molecule has 6 heteroatoms. The van der Waals surface area contributed by atoms with E-state index in [9.17, 15) is 9.18 Å². The van der Waals surface area contributed by atoms with Crippen molar-refractivity contribution in [3.63, 3.8) is 0 Å². The summed E-state index contributed by atoms with van der Waals surface area (Å²) in [4.78, 5) is 13.5. The lowest BCUT2D eigenvalue weighted by Crippen LogP contribution is -2.43. The zero-order valence-corrected chi connectivity index (χ0v) is 12.8. The molecule has 1 N–H and O–H groups in total. The van der Waals surface area contributed by atoms with Crippen molar-refractivity contribution in [1.29, 1.82) is 5.26 Å². The van der Waals surface area contributed by atoms with Crippen molar-refractivity contribution in [2.24, 2.45) is 0 Å². The molecule has 118 valence electrons. The smallest absolute Gasteiger partial charge is 0.410 e. The van der Waals surface area contributed by atoms with Crippen LogP contribution in [-0.2, 0) is 4.74 Å². The van der Waals surface area contributed by atoms with Crippen molar-refractivity contribution >= 4 is 11.8 Å². The molecule has 0 aromatic heterocycles. The van der Waals surface area contributed by atoms with Crippen LogP contribution in [-0.4, -0.2) is 36.2 Å². The van der Waals surface area contributed by atoms with Gasteiger partial charge in [0.1, 0.15) is 11.9 Å². The molecule has 5 nitrogen and oxygen atoms in total. The quantitative estimate of drug-likeness (QED) is 0.932. The third-order valence-electron chi connectivity index (χ3n) is 3.55. The van der Waals surface area contributed by atoms with Gasteiger partial charge in [0.15, 0.2) is 0 Å². The average molecular weight is 305 g/mol. The number of amides is 1. The Balaban J connectivity index is 1.90. The normalized spacial score (nSPS) is 15.5. The molecule has 1 heterocycles. The predicted octanol–water partition coefficient (Wildman–Crippen LogP) is 3.12. The Morgan fingerprint density at radius 2 is 2.14 bits per heavy atom. The Morgan fingerprint density at radius 3 is 2.73 bits per heavy atom. The third kappa shape index (κ3) is 4.10. The van der Waals surface area contributed by atoms with Crippen molar-refractivity contribution in [1.82, 2.24) is 4.90 Å². The van der Waals surface area contributed by atoms with Crippen LogP contribution < -0.4 is 5.32 Å². The van der Waals surface area contributed by atoms with Gasteiger partial charge >= 0.3 is 6.09 Å². The summed E-state index contributed by atoms with van der Waals surface area (Å²) in [5, 5.41) is 12.3. The minimum atomic E-state index is -0.423. The average Bonchev–Trinajstić information content (AvgIpc) is 2.49. The van der Waals surface area contributed by atoms with E-state index in [1.54, 1.807) is 11.0 Å². The summed E-state index contributed by atoms with van der Waals surface area (Å²) < 4.78 is 18.3. The molecule has 0 saturated carbocycles. The number of ether oxygens (including phenoxy) is 1. The van der Waals surface area contributed by atoms with Crippen LogP contribution >= 0.6 is 0 Å². The van der Waals surface area contributed by atoms with Gasteiger partial charge in [-0.1, -0.05) is 0 Å². The van der Waals surface area contributed by atoms with E-state index < -0.39 is 5.82 Å². The highest BCUT2D eigenvalue weighted by molar-refractivity contribution is 5.68. The minimum absolute atomic E-state index is 0.124. The summed E-state index contributed by atoms with van der Waals surface area (Å²) >= 11 is 0. The number of benzene rings is 1. The number of anilines is 1. The van der Waals surface area contributed by atoms with E-state index in [0.29, 0.717) is 24.3 Å². The van der Waals surface area contributed by atoms with Crippen LogP contribution in [0.3, 0.4) is 0 Å². The van der Waals surface area contributed by atoms with Crippen LogP contribution in [0.1, 0.15) is 32.3 Å². The van der Waals surface area contributed by atoms with Crippen molar-refractivity contribution in [2.45, 2.75) is 38.8 Å². The number of piperidine rings is 1. The van der Waals surface area contributed by atoms with Crippen molar-refractivity contribution in [3.05, 3.63) is 29.6 Å². The van der Waals surface area contributed by atoms with Gasteiger partial charge in [-0.05, 0) is 44.9 Å². The first-order valence-corrected chi connectivity index (χ1v) is 7.41. The molecule has 1 aliphatic rings. The maximum absolute atomic E-state index is 13.1.